The smallest absolute Gasteiger partial charge is 0.417 e. The highest BCUT2D eigenvalue weighted by Gasteiger charge is 2.37. The highest BCUT2D eigenvalue weighted by Crippen LogP contribution is 2.34. The number of fused-ring (bicyclic) bond motifs is 1. The predicted molar refractivity (Wildman–Crippen MR) is 131 cm³/mol. The Balaban J connectivity index is 1.54. The topological polar surface area (TPSA) is 125 Å². The van der Waals surface area contributed by atoms with Crippen LogP contribution < -0.4 is 16.2 Å². The number of aromatic nitrogens is 4. The monoisotopic (exact) mass is 570 g/mol. The van der Waals surface area contributed by atoms with Crippen LogP contribution >= 0.6 is 11.6 Å². The number of hydrogen-bond acceptors (Lipinski definition) is 8. The number of halogens is 5. The number of benzene rings is 1. The van der Waals surface area contributed by atoms with Crippen LogP contribution in [0, 0.1) is 11.7 Å². The van der Waals surface area contributed by atoms with Crippen LogP contribution in [0.3, 0.4) is 0 Å². The van der Waals surface area contributed by atoms with Crippen LogP contribution in [0.2, 0.25) is 5.02 Å². The molecule has 0 saturated carbocycles. The lowest BCUT2D eigenvalue weighted by Gasteiger charge is -2.30. The van der Waals surface area contributed by atoms with Gasteiger partial charge in [-0.15, -0.1) is 0 Å². The summed E-state index contributed by atoms with van der Waals surface area (Å²) in [5.74, 6) is -2.61. The van der Waals surface area contributed by atoms with Gasteiger partial charge in [-0.2, -0.15) is 23.0 Å². The molecule has 3 heterocycles. The average Bonchev–Trinajstić information content (AvgIpc) is 3.31. The second-order valence-electron chi connectivity index (χ2n) is 9.16. The van der Waals surface area contributed by atoms with Crippen molar-refractivity contribution in [3.63, 3.8) is 0 Å². The maximum absolute atomic E-state index is 13.5. The minimum absolute atomic E-state index is 0.0614. The van der Waals surface area contributed by atoms with E-state index in [0.717, 1.165) is 23.0 Å². The number of rotatable bonds is 7. The molecule has 0 fully saturated rings. The number of anilines is 1. The van der Waals surface area contributed by atoms with E-state index in [4.69, 9.17) is 22.1 Å². The van der Waals surface area contributed by atoms with Crippen LogP contribution in [0.4, 0.5) is 23.2 Å². The van der Waals surface area contributed by atoms with Crippen molar-refractivity contribution in [1.82, 2.24) is 19.3 Å². The van der Waals surface area contributed by atoms with E-state index in [9.17, 15) is 31.9 Å². The molecule has 0 saturated heterocycles. The molecule has 4 rings (SSSR count). The van der Waals surface area contributed by atoms with E-state index < -0.39 is 53.2 Å². The molecule has 2 N–H and O–H groups in total. The normalized spacial score (nSPS) is 14.3. The van der Waals surface area contributed by atoms with Gasteiger partial charge >= 0.3 is 12.1 Å². The van der Waals surface area contributed by atoms with Gasteiger partial charge in [0.2, 0.25) is 5.78 Å². The molecule has 0 unspecified atom stereocenters. The summed E-state index contributed by atoms with van der Waals surface area (Å²) < 4.78 is 61.2. The Labute approximate surface area is 223 Å². The van der Waals surface area contributed by atoms with Gasteiger partial charge in [0.15, 0.2) is 6.73 Å². The van der Waals surface area contributed by atoms with Gasteiger partial charge in [0, 0.05) is 18.7 Å². The van der Waals surface area contributed by atoms with Gasteiger partial charge in [-0.25, -0.2) is 9.37 Å². The van der Waals surface area contributed by atoms with E-state index in [0.29, 0.717) is 5.82 Å². The van der Waals surface area contributed by atoms with E-state index in [1.165, 1.54) is 10.8 Å². The molecular formula is C24H23ClF4N6O4. The van der Waals surface area contributed by atoms with Crippen molar-refractivity contribution >= 4 is 29.0 Å². The first-order valence-corrected chi connectivity index (χ1v) is 12.1. The Morgan fingerprint density at radius 2 is 1.92 bits per heavy atom. The number of nitrogens with two attached hydrogens (primary N) is 1. The van der Waals surface area contributed by atoms with Gasteiger partial charge in [-0.1, -0.05) is 25.4 Å². The molecule has 15 heteroatoms. The fraction of sp³-hybridized carbons (Fsp3) is 0.375. The second kappa shape index (κ2) is 10.8. The van der Waals surface area contributed by atoms with Gasteiger partial charge in [0.1, 0.15) is 28.4 Å². The molecule has 0 radical (unpaired) electrons. The van der Waals surface area contributed by atoms with Crippen LogP contribution in [0.1, 0.15) is 41.3 Å². The first-order valence-electron chi connectivity index (χ1n) is 11.7. The van der Waals surface area contributed by atoms with E-state index in [1.54, 1.807) is 18.7 Å². The minimum atomic E-state index is -4.93. The Kier molecular flexibility index (Phi) is 7.80. The standard InChI is InChI=1S/C24H23ClF4N6O4/c1-12(2)20(30)23(38)39-11-35-22(37)19(25)16(9-32-35)33-5-6-34-17(8-31-18(34)10-33)21(36)14-4-3-13(26)7-15(14)24(27,28)29/h3-4,7-9,12,20H,5-6,10-11,30H2,1-2H3/t20-/m0/s1. The van der Waals surface area contributed by atoms with E-state index in [2.05, 4.69) is 10.1 Å². The summed E-state index contributed by atoms with van der Waals surface area (Å²) >= 11 is 6.30. The predicted octanol–water partition coefficient (Wildman–Crippen LogP) is 2.99. The summed E-state index contributed by atoms with van der Waals surface area (Å²) in [5, 5.41) is 3.80. The Bertz CT molecular complexity index is 1490. The van der Waals surface area contributed by atoms with Gasteiger partial charge in [0.05, 0.1) is 30.2 Å². The number of ether oxygens (including phenoxy) is 1. The molecule has 1 aliphatic rings. The highest BCUT2D eigenvalue weighted by molar-refractivity contribution is 6.33. The largest absolute Gasteiger partial charge is 0.441 e. The maximum atomic E-state index is 13.5. The third-order valence-electron chi connectivity index (χ3n) is 6.25. The zero-order chi connectivity index (χ0) is 28.6. The molecule has 0 aliphatic carbocycles. The van der Waals surface area contributed by atoms with E-state index >= 15 is 0 Å². The number of alkyl halides is 3. The fourth-order valence-electron chi connectivity index (χ4n) is 4.00. The molecule has 1 aromatic carbocycles. The average molecular weight is 571 g/mol. The first kappa shape index (κ1) is 28.2. The number of carbonyl (C=O) groups is 2. The summed E-state index contributed by atoms with van der Waals surface area (Å²) in [6.45, 7) is 3.40. The van der Waals surface area contributed by atoms with Crippen LogP contribution in [-0.4, -0.2) is 43.7 Å². The number of hydrogen-bond donors (Lipinski definition) is 1. The van der Waals surface area contributed by atoms with Crippen molar-refractivity contribution < 1.29 is 31.9 Å². The van der Waals surface area contributed by atoms with Crippen molar-refractivity contribution in [1.29, 1.82) is 0 Å². The molecule has 39 heavy (non-hydrogen) atoms. The quantitative estimate of drug-likeness (QED) is 0.261. The molecule has 208 valence electrons. The highest BCUT2D eigenvalue weighted by atomic mass is 35.5. The Morgan fingerprint density at radius 1 is 1.21 bits per heavy atom. The summed E-state index contributed by atoms with van der Waals surface area (Å²) in [6, 6.07) is 0.991. The van der Waals surface area contributed by atoms with Crippen LogP contribution in [0.15, 0.2) is 35.4 Å². The number of imidazole rings is 1. The molecule has 1 aliphatic heterocycles. The second-order valence-corrected chi connectivity index (χ2v) is 9.54. The Hall–Kier alpha value is -3.78. The van der Waals surface area contributed by atoms with Crippen molar-refractivity contribution in [3.05, 3.63) is 74.4 Å². The molecule has 0 amide bonds. The molecular weight excluding hydrogens is 548 g/mol. The van der Waals surface area contributed by atoms with Crippen molar-refractivity contribution in [3.8, 4) is 0 Å². The van der Waals surface area contributed by atoms with E-state index in [-0.39, 0.29) is 48.0 Å². The zero-order valence-electron chi connectivity index (χ0n) is 20.7. The summed E-state index contributed by atoms with van der Waals surface area (Å²) in [7, 11) is 0. The molecule has 2 aromatic heterocycles. The molecule has 1 atom stereocenters. The van der Waals surface area contributed by atoms with Gasteiger partial charge in [-0.05, 0) is 24.1 Å². The number of ketones is 1. The van der Waals surface area contributed by atoms with Gasteiger partial charge in [-0.3, -0.25) is 14.4 Å². The molecule has 0 bridgehead atoms. The number of esters is 1. The fourth-order valence-corrected chi connectivity index (χ4v) is 4.26. The lowest BCUT2D eigenvalue weighted by molar-refractivity contribution is -0.150. The third kappa shape index (κ3) is 5.66. The Morgan fingerprint density at radius 3 is 2.59 bits per heavy atom. The third-order valence-corrected chi connectivity index (χ3v) is 6.61. The summed E-state index contributed by atoms with van der Waals surface area (Å²) in [4.78, 5) is 43.5. The molecule has 3 aromatic rings. The number of carbonyl (C=O) groups excluding carboxylic acids is 2. The van der Waals surface area contributed by atoms with Crippen LogP contribution in [0.25, 0.3) is 0 Å². The van der Waals surface area contributed by atoms with Crippen molar-refractivity contribution in [2.24, 2.45) is 11.7 Å². The van der Waals surface area contributed by atoms with Crippen LogP contribution in [-0.2, 0) is 35.5 Å². The first-order chi connectivity index (χ1) is 18.3. The van der Waals surface area contributed by atoms with Gasteiger partial charge < -0.3 is 19.9 Å². The van der Waals surface area contributed by atoms with Crippen LogP contribution in [0.5, 0.6) is 0 Å². The molecule has 10 nitrogen and oxygen atoms in total. The lowest BCUT2D eigenvalue weighted by Crippen LogP contribution is -2.39. The van der Waals surface area contributed by atoms with E-state index in [1.807, 2.05) is 0 Å². The minimum Gasteiger partial charge on any atom is -0.441 e. The van der Waals surface area contributed by atoms with Crippen molar-refractivity contribution in [2.45, 2.75) is 45.9 Å². The zero-order valence-corrected chi connectivity index (χ0v) is 21.5. The summed E-state index contributed by atoms with van der Waals surface area (Å²) in [6.07, 6.45) is -2.48. The van der Waals surface area contributed by atoms with Crippen molar-refractivity contribution in [2.75, 3.05) is 11.4 Å². The number of nitrogens with zero attached hydrogens (tertiary/aromatic N) is 5. The maximum Gasteiger partial charge on any atom is 0.417 e. The van der Waals surface area contributed by atoms with Gasteiger partial charge in [0.25, 0.3) is 5.56 Å². The summed E-state index contributed by atoms with van der Waals surface area (Å²) in [5.41, 5.74) is 3.09. The SMILES string of the molecule is CC(C)[C@H](N)C(=O)OCn1ncc(N2CCn3c(C(=O)c4ccc(F)cc4C(F)(F)F)cnc3C2)c(Cl)c1=O. The molecule has 0 spiro atoms. The lowest BCUT2D eigenvalue weighted by atomic mass is 10.0.